The van der Waals surface area contributed by atoms with E-state index < -0.39 is 4.75 Å². The molecule has 6 heteroatoms. The van der Waals surface area contributed by atoms with E-state index in [1.165, 1.54) is 25.7 Å². The quantitative estimate of drug-likeness (QED) is 0.219. The fraction of sp³-hybridized carbons (Fsp3) is 0.500. The van der Waals surface area contributed by atoms with Crippen molar-refractivity contribution in [2.24, 2.45) is 0 Å². The Kier molecular flexibility index (Phi) is 8.58. The van der Waals surface area contributed by atoms with Gasteiger partial charge in [0.15, 0.2) is 6.19 Å². The van der Waals surface area contributed by atoms with Crippen molar-refractivity contribution in [1.82, 2.24) is 5.32 Å². The van der Waals surface area contributed by atoms with Crippen molar-refractivity contribution in [1.29, 1.82) is 5.26 Å². The average molecular weight is 455 g/mol. The molecule has 5 nitrogen and oxygen atoms in total. The van der Waals surface area contributed by atoms with Crippen molar-refractivity contribution in [3.05, 3.63) is 53.6 Å². The molecule has 2 aromatic carbocycles. The highest BCUT2D eigenvalue weighted by Gasteiger charge is 2.49. The molecule has 0 bridgehead atoms. The molecule has 32 heavy (non-hydrogen) atoms. The van der Waals surface area contributed by atoms with Gasteiger partial charge >= 0.3 is 0 Å². The molecule has 0 spiro atoms. The summed E-state index contributed by atoms with van der Waals surface area (Å²) in [6, 6.07) is 12.5. The van der Waals surface area contributed by atoms with Crippen LogP contribution in [0, 0.1) is 11.5 Å². The highest BCUT2D eigenvalue weighted by atomic mass is 32.2. The molecule has 0 fully saturated rings. The summed E-state index contributed by atoms with van der Waals surface area (Å²) in [4.78, 5) is 0. The molecular weight excluding hydrogens is 420 g/mol. The molecule has 1 heterocycles. The summed E-state index contributed by atoms with van der Waals surface area (Å²) in [5.74, 6) is 1.03. The number of nitrogens with zero attached hydrogens (tertiary/aromatic N) is 1. The molecule has 0 aliphatic carbocycles. The van der Waals surface area contributed by atoms with E-state index in [9.17, 15) is 15.5 Å². The van der Waals surface area contributed by atoms with Gasteiger partial charge in [0, 0.05) is 23.6 Å². The van der Waals surface area contributed by atoms with Gasteiger partial charge in [-0.05, 0) is 36.4 Å². The first-order valence-corrected chi connectivity index (χ1v) is 12.7. The van der Waals surface area contributed by atoms with Crippen LogP contribution in [0.15, 0.2) is 42.5 Å². The zero-order chi connectivity index (χ0) is 23.0. The van der Waals surface area contributed by atoms with Crippen molar-refractivity contribution in [3.8, 4) is 23.4 Å². The standard InChI is InChI=1S/C26H34N2O3S/c1-3-4-5-6-7-8-9-23(28-18-27)25-22-15-14-21(30)16-24(22)31-17-26(25,32-2)19-10-12-20(29)13-11-19/h10-16,23,25,28-30H,3-9,17H2,1-2H3. The second-order valence-corrected chi connectivity index (χ2v) is 9.68. The fourth-order valence-electron chi connectivity index (χ4n) is 4.83. The minimum atomic E-state index is -0.436. The topological polar surface area (TPSA) is 85.5 Å². The number of nitriles is 1. The van der Waals surface area contributed by atoms with Crippen LogP contribution in [-0.2, 0) is 4.75 Å². The van der Waals surface area contributed by atoms with Gasteiger partial charge in [-0.25, -0.2) is 0 Å². The van der Waals surface area contributed by atoms with Gasteiger partial charge in [-0.1, -0.05) is 63.6 Å². The molecule has 2 aromatic rings. The number of hydrogen-bond donors (Lipinski definition) is 3. The molecular formula is C26H34N2O3S. The average Bonchev–Trinajstić information content (AvgIpc) is 2.80. The first-order valence-electron chi connectivity index (χ1n) is 11.5. The Balaban J connectivity index is 1.97. The van der Waals surface area contributed by atoms with Crippen LogP contribution < -0.4 is 10.1 Å². The lowest BCUT2D eigenvalue weighted by Crippen LogP contribution is -2.48. The highest BCUT2D eigenvalue weighted by molar-refractivity contribution is 7.99. The van der Waals surface area contributed by atoms with E-state index in [0.29, 0.717) is 12.4 Å². The lowest BCUT2D eigenvalue weighted by molar-refractivity contribution is 0.195. The number of phenols is 2. The van der Waals surface area contributed by atoms with Gasteiger partial charge in [-0.15, -0.1) is 11.8 Å². The molecule has 3 atom stereocenters. The maximum atomic E-state index is 10.0. The van der Waals surface area contributed by atoms with Crippen molar-refractivity contribution in [2.45, 2.75) is 68.6 Å². The van der Waals surface area contributed by atoms with E-state index in [-0.39, 0.29) is 23.5 Å². The number of thioether (sulfide) groups is 1. The summed E-state index contributed by atoms with van der Waals surface area (Å²) < 4.78 is 5.73. The smallest absolute Gasteiger partial charge is 0.176 e. The normalized spacial score (nSPS) is 20.6. The number of nitrogens with one attached hydrogen (secondary N) is 1. The molecule has 3 unspecified atom stereocenters. The number of unbranched alkanes of at least 4 members (excludes halogenated alkanes) is 5. The van der Waals surface area contributed by atoms with Crippen LogP contribution in [0.3, 0.4) is 0 Å². The minimum absolute atomic E-state index is 0.0401. The lowest BCUT2D eigenvalue weighted by atomic mass is 9.73. The molecule has 0 aromatic heterocycles. The molecule has 0 saturated carbocycles. The Labute approximate surface area is 195 Å². The zero-order valence-corrected chi connectivity index (χ0v) is 19.8. The highest BCUT2D eigenvalue weighted by Crippen LogP contribution is 2.55. The van der Waals surface area contributed by atoms with Gasteiger partial charge in [0.05, 0.1) is 4.75 Å². The first kappa shape index (κ1) is 24.1. The third kappa shape index (κ3) is 5.27. The van der Waals surface area contributed by atoms with Crippen LogP contribution in [0.4, 0.5) is 0 Å². The van der Waals surface area contributed by atoms with Crippen molar-refractivity contribution >= 4 is 11.8 Å². The van der Waals surface area contributed by atoms with E-state index in [0.717, 1.165) is 30.4 Å². The van der Waals surface area contributed by atoms with Crippen LogP contribution >= 0.6 is 11.8 Å². The van der Waals surface area contributed by atoms with Gasteiger partial charge in [-0.2, -0.15) is 5.26 Å². The summed E-state index contributed by atoms with van der Waals surface area (Å²) in [6.45, 7) is 2.64. The Hall–Kier alpha value is -2.52. The number of hydrogen-bond acceptors (Lipinski definition) is 6. The first-order chi connectivity index (χ1) is 15.6. The molecule has 1 aliphatic rings. The van der Waals surface area contributed by atoms with Gasteiger partial charge < -0.3 is 20.3 Å². The largest absolute Gasteiger partial charge is 0.508 e. The van der Waals surface area contributed by atoms with Gasteiger partial charge in [-0.3, -0.25) is 0 Å². The number of fused-ring (bicyclic) bond motifs is 1. The maximum absolute atomic E-state index is 10.0. The zero-order valence-electron chi connectivity index (χ0n) is 19.0. The summed E-state index contributed by atoms with van der Waals surface area (Å²) in [5.41, 5.74) is 2.05. The Morgan fingerprint density at radius 1 is 1.09 bits per heavy atom. The van der Waals surface area contributed by atoms with Crippen LogP contribution in [-0.4, -0.2) is 29.1 Å². The predicted molar refractivity (Wildman–Crippen MR) is 130 cm³/mol. The van der Waals surface area contributed by atoms with E-state index in [2.05, 4.69) is 24.7 Å². The number of aromatic hydroxyl groups is 2. The van der Waals surface area contributed by atoms with Crippen molar-refractivity contribution < 1.29 is 14.9 Å². The van der Waals surface area contributed by atoms with E-state index in [1.807, 2.05) is 18.2 Å². The van der Waals surface area contributed by atoms with E-state index >= 15 is 0 Å². The molecule has 3 N–H and O–H groups in total. The summed E-state index contributed by atoms with van der Waals surface area (Å²) in [5, 5.41) is 32.6. The van der Waals surface area contributed by atoms with Crippen LogP contribution in [0.5, 0.6) is 17.2 Å². The molecule has 0 amide bonds. The summed E-state index contributed by atoms with van der Waals surface area (Å²) in [6.07, 6.45) is 12.3. The van der Waals surface area contributed by atoms with Crippen molar-refractivity contribution in [3.63, 3.8) is 0 Å². The molecule has 0 radical (unpaired) electrons. The summed E-state index contributed by atoms with van der Waals surface area (Å²) in [7, 11) is 0. The number of ether oxygens (including phenoxy) is 1. The SMILES string of the molecule is CCCCCCCCC(NC#N)C1c2ccc(O)cc2OCC1(SC)c1ccc(O)cc1. The maximum Gasteiger partial charge on any atom is 0.176 e. The van der Waals surface area contributed by atoms with Gasteiger partial charge in [0.1, 0.15) is 23.9 Å². The van der Waals surface area contributed by atoms with Crippen LogP contribution in [0.2, 0.25) is 0 Å². The van der Waals surface area contributed by atoms with Crippen molar-refractivity contribution in [2.75, 3.05) is 12.9 Å². The molecule has 172 valence electrons. The fourth-order valence-corrected chi connectivity index (χ4v) is 5.93. The lowest BCUT2D eigenvalue weighted by Gasteiger charge is -2.47. The predicted octanol–water partition coefficient (Wildman–Crippen LogP) is 6.02. The van der Waals surface area contributed by atoms with Gasteiger partial charge in [0.2, 0.25) is 0 Å². The van der Waals surface area contributed by atoms with Gasteiger partial charge in [0.25, 0.3) is 0 Å². The number of benzene rings is 2. The second-order valence-electron chi connectivity index (χ2n) is 8.55. The third-order valence-electron chi connectivity index (χ3n) is 6.52. The Bertz CT molecular complexity index is 912. The number of rotatable bonds is 11. The Morgan fingerprint density at radius 2 is 1.78 bits per heavy atom. The molecule has 3 rings (SSSR count). The van der Waals surface area contributed by atoms with E-state index in [4.69, 9.17) is 4.74 Å². The Morgan fingerprint density at radius 3 is 2.47 bits per heavy atom. The number of phenolic OH excluding ortho intramolecular Hbond substituents is 2. The summed E-state index contributed by atoms with van der Waals surface area (Å²) >= 11 is 1.71. The van der Waals surface area contributed by atoms with Crippen LogP contribution in [0.25, 0.3) is 0 Å². The third-order valence-corrected chi connectivity index (χ3v) is 7.85. The second kappa shape index (κ2) is 11.4. The van der Waals surface area contributed by atoms with E-state index in [1.54, 1.807) is 36.0 Å². The minimum Gasteiger partial charge on any atom is -0.508 e. The molecule has 0 saturated heterocycles. The monoisotopic (exact) mass is 454 g/mol. The molecule has 1 aliphatic heterocycles. The van der Waals surface area contributed by atoms with Crippen LogP contribution in [0.1, 0.15) is 68.9 Å².